The van der Waals surface area contributed by atoms with Gasteiger partial charge in [0.25, 0.3) is 0 Å². The molecule has 3 heteroatoms. The van der Waals surface area contributed by atoms with Crippen LogP contribution < -0.4 is 0 Å². The number of amides is 1. The van der Waals surface area contributed by atoms with Crippen LogP contribution in [0.5, 0.6) is 0 Å². The van der Waals surface area contributed by atoms with Crippen LogP contribution in [0.1, 0.15) is 32.6 Å². The van der Waals surface area contributed by atoms with E-state index in [-0.39, 0.29) is 18.6 Å². The van der Waals surface area contributed by atoms with Gasteiger partial charge in [0.1, 0.15) is 0 Å². The number of hydrogen-bond acceptors (Lipinski definition) is 2. The van der Waals surface area contributed by atoms with Crippen LogP contribution in [-0.2, 0) is 4.79 Å². The minimum atomic E-state index is -0.0680. The van der Waals surface area contributed by atoms with Crippen molar-refractivity contribution >= 4 is 5.91 Å². The van der Waals surface area contributed by atoms with Gasteiger partial charge in [0.2, 0.25) is 5.91 Å². The fourth-order valence-electron chi connectivity index (χ4n) is 2.61. The fraction of sp³-hybridized carbons (Fsp3) is 0.727. The summed E-state index contributed by atoms with van der Waals surface area (Å²) in [6.07, 6.45) is 5.76. The molecule has 0 aliphatic carbocycles. The molecular weight excluding hydrogens is 178 g/mol. The van der Waals surface area contributed by atoms with E-state index < -0.39 is 0 Å². The van der Waals surface area contributed by atoms with Gasteiger partial charge in [-0.05, 0) is 26.2 Å². The average Bonchev–Trinajstić information content (AvgIpc) is 2.16. The number of aliphatic hydroxyl groups is 1. The molecule has 0 spiro atoms. The van der Waals surface area contributed by atoms with Crippen molar-refractivity contribution in [1.29, 1.82) is 0 Å². The Labute approximate surface area is 84.4 Å². The van der Waals surface area contributed by atoms with Crippen molar-refractivity contribution in [3.05, 3.63) is 11.6 Å². The van der Waals surface area contributed by atoms with E-state index in [1.165, 1.54) is 5.57 Å². The SMILES string of the molecule is CC1=C[C@@H](CO)N2C(=O)CCC[C@H]2C1. The van der Waals surface area contributed by atoms with Crippen LogP contribution >= 0.6 is 0 Å². The Morgan fingerprint density at radius 3 is 3.14 bits per heavy atom. The Balaban J connectivity index is 2.23. The first-order valence-corrected chi connectivity index (χ1v) is 5.31. The molecule has 14 heavy (non-hydrogen) atoms. The highest BCUT2D eigenvalue weighted by atomic mass is 16.3. The summed E-state index contributed by atoms with van der Waals surface area (Å²) >= 11 is 0. The van der Waals surface area contributed by atoms with E-state index in [0.717, 1.165) is 19.3 Å². The van der Waals surface area contributed by atoms with Crippen LogP contribution in [0.4, 0.5) is 0 Å². The van der Waals surface area contributed by atoms with Gasteiger partial charge in [-0.15, -0.1) is 0 Å². The molecule has 0 bridgehead atoms. The number of rotatable bonds is 1. The van der Waals surface area contributed by atoms with Crippen molar-refractivity contribution in [3.8, 4) is 0 Å². The van der Waals surface area contributed by atoms with Gasteiger partial charge in [-0.25, -0.2) is 0 Å². The minimum absolute atomic E-state index is 0.0551. The van der Waals surface area contributed by atoms with Crippen LogP contribution in [0.15, 0.2) is 11.6 Å². The van der Waals surface area contributed by atoms with Crippen LogP contribution in [0.3, 0.4) is 0 Å². The van der Waals surface area contributed by atoms with E-state index in [1.807, 2.05) is 11.0 Å². The first kappa shape index (κ1) is 9.71. The molecule has 1 amide bonds. The normalized spacial score (nSPS) is 32.6. The molecule has 2 aliphatic rings. The van der Waals surface area contributed by atoms with Gasteiger partial charge in [-0.1, -0.05) is 11.6 Å². The number of fused-ring (bicyclic) bond motifs is 1. The van der Waals surface area contributed by atoms with Crippen molar-refractivity contribution in [2.45, 2.75) is 44.7 Å². The zero-order valence-corrected chi connectivity index (χ0v) is 8.57. The zero-order valence-electron chi connectivity index (χ0n) is 8.57. The van der Waals surface area contributed by atoms with Crippen molar-refractivity contribution in [2.75, 3.05) is 6.61 Å². The van der Waals surface area contributed by atoms with Crippen molar-refractivity contribution in [3.63, 3.8) is 0 Å². The summed E-state index contributed by atoms with van der Waals surface area (Å²) in [4.78, 5) is 13.6. The third kappa shape index (κ3) is 1.57. The Morgan fingerprint density at radius 1 is 1.64 bits per heavy atom. The van der Waals surface area contributed by atoms with Crippen LogP contribution in [0.2, 0.25) is 0 Å². The maximum atomic E-state index is 11.7. The van der Waals surface area contributed by atoms with Crippen molar-refractivity contribution in [1.82, 2.24) is 4.90 Å². The molecule has 78 valence electrons. The second-order valence-corrected chi connectivity index (χ2v) is 4.31. The molecule has 2 aliphatic heterocycles. The molecule has 0 radical (unpaired) electrons. The van der Waals surface area contributed by atoms with Crippen LogP contribution in [-0.4, -0.2) is 34.6 Å². The summed E-state index contributed by atoms with van der Waals surface area (Å²) in [6, 6.07) is 0.278. The zero-order chi connectivity index (χ0) is 10.1. The van der Waals surface area contributed by atoms with Gasteiger partial charge in [-0.3, -0.25) is 4.79 Å². The third-order valence-electron chi connectivity index (χ3n) is 3.19. The van der Waals surface area contributed by atoms with E-state index >= 15 is 0 Å². The van der Waals surface area contributed by atoms with Crippen LogP contribution in [0, 0.1) is 0 Å². The van der Waals surface area contributed by atoms with Crippen molar-refractivity contribution in [2.24, 2.45) is 0 Å². The first-order chi connectivity index (χ1) is 6.72. The molecule has 1 N–H and O–H groups in total. The molecule has 0 aromatic heterocycles. The highest BCUT2D eigenvalue weighted by Crippen LogP contribution is 2.30. The van der Waals surface area contributed by atoms with Gasteiger partial charge in [0.05, 0.1) is 12.6 Å². The first-order valence-electron chi connectivity index (χ1n) is 5.31. The molecule has 2 atom stereocenters. The van der Waals surface area contributed by atoms with Crippen molar-refractivity contribution < 1.29 is 9.90 Å². The lowest BCUT2D eigenvalue weighted by Crippen LogP contribution is -2.52. The lowest BCUT2D eigenvalue weighted by molar-refractivity contribution is -0.139. The largest absolute Gasteiger partial charge is 0.394 e. The summed E-state index contributed by atoms with van der Waals surface area (Å²) in [7, 11) is 0. The molecule has 2 heterocycles. The van der Waals surface area contributed by atoms with Gasteiger partial charge < -0.3 is 10.0 Å². The van der Waals surface area contributed by atoms with E-state index in [2.05, 4.69) is 6.92 Å². The third-order valence-corrected chi connectivity index (χ3v) is 3.19. The molecule has 0 aromatic carbocycles. The van der Waals surface area contributed by atoms with Gasteiger partial charge in [0.15, 0.2) is 0 Å². The standard InChI is InChI=1S/C11H17NO2/c1-8-5-9-3-2-4-11(14)12(9)10(6-8)7-13/h6,9-10,13H,2-5,7H2,1H3/t9-,10-/m0/s1. The molecule has 3 nitrogen and oxygen atoms in total. The summed E-state index contributed by atoms with van der Waals surface area (Å²) in [5.74, 6) is 0.212. The molecule has 1 saturated heterocycles. The molecule has 0 unspecified atom stereocenters. The number of aliphatic hydroxyl groups excluding tert-OH is 1. The van der Waals surface area contributed by atoms with Gasteiger partial charge in [0, 0.05) is 12.5 Å². The number of hydrogen-bond donors (Lipinski definition) is 1. The molecule has 2 rings (SSSR count). The molecule has 1 fully saturated rings. The smallest absolute Gasteiger partial charge is 0.223 e. The van der Waals surface area contributed by atoms with E-state index in [4.69, 9.17) is 0 Å². The maximum Gasteiger partial charge on any atom is 0.223 e. The highest BCUT2D eigenvalue weighted by Gasteiger charge is 2.34. The quantitative estimate of drug-likeness (QED) is 0.636. The number of carbonyl (C=O) groups is 1. The molecule has 0 saturated carbocycles. The average molecular weight is 195 g/mol. The number of nitrogens with zero attached hydrogens (tertiary/aromatic N) is 1. The Bertz CT molecular complexity index is 272. The van der Waals surface area contributed by atoms with E-state index in [1.54, 1.807) is 0 Å². The second kappa shape index (κ2) is 3.73. The Kier molecular flexibility index (Phi) is 2.59. The Hall–Kier alpha value is -0.830. The van der Waals surface area contributed by atoms with Gasteiger partial charge in [-0.2, -0.15) is 0 Å². The van der Waals surface area contributed by atoms with Gasteiger partial charge >= 0.3 is 0 Å². The number of carbonyl (C=O) groups excluding carboxylic acids is 1. The second-order valence-electron chi connectivity index (χ2n) is 4.31. The lowest BCUT2D eigenvalue weighted by Gasteiger charge is -2.43. The minimum Gasteiger partial charge on any atom is -0.394 e. The summed E-state index contributed by atoms with van der Waals surface area (Å²) in [5.41, 5.74) is 1.31. The fourth-order valence-corrected chi connectivity index (χ4v) is 2.61. The summed E-state index contributed by atoms with van der Waals surface area (Å²) in [5, 5.41) is 9.23. The van der Waals surface area contributed by atoms with Crippen LogP contribution in [0.25, 0.3) is 0 Å². The number of piperidine rings is 1. The van der Waals surface area contributed by atoms with E-state index in [9.17, 15) is 9.90 Å². The molecule has 0 aromatic rings. The predicted molar refractivity (Wildman–Crippen MR) is 53.7 cm³/mol. The van der Waals surface area contributed by atoms with E-state index in [0.29, 0.717) is 12.5 Å². The highest BCUT2D eigenvalue weighted by molar-refractivity contribution is 5.78. The lowest BCUT2D eigenvalue weighted by atomic mass is 9.89. The monoisotopic (exact) mass is 195 g/mol. The Morgan fingerprint density at radius 2 is 2.43 bits per heavy atom. The molecular formula is C11H17NO2. The maximum absolute atomic E-state index is 11.7. The summed E-state index contributed by atoms with van der Waals surface area (Å²) in [6.45, 7) is 2.14. The topological polar surface area (TPSA) is 40.5 Å². The predicted octanol–water partition coefficient (Wildman–Crippen LogP) is 1.08. The summed E-state index contributed by atoms with van der Waals surface area (Å²) < 4.78 is 0.